The largest absolute Gasteiger partial charge is 0.493 e. The molecule has 0 spiro atoms. The van der Waals surface area contributed by atoms with E-state index in [2.05, 4.69) is 5.32 Å². The standard InChI is InChI=1S/C27H33ClN4O7S/c1-5-39-26(33)23-21(30(2)27(34)29-24(23)20-7-6-8-22(37-3)25(20)38-4)17-31-13-15-32(16-14-31)40(35,36)19-11-9-18(28)10-12-19/h6-12,24H,5,13-17H2,1-4H3,(H,29,34)/t24-/m0/s1. The number of ether oxygens (including phenoxy) is 3. The molecular formula is C27H33ClN4O7S. The molecule has 0 saturated carbocycles. The SMILES string of the molecule is CCOC(=O)C1=C(CN2CCN(S(=O)(=O)c3ccc(Cl)cc3)CC2)N(C)C(=O)N[C@H]1c1cccc(OC)c1OC. The second-order valence-electron chi connectivity index (χ2n) is 9.24. The van der Waals surface area contributed by atoms with E-state index >= 15 is 0 Å². The quantitative estimate of drug-likeness (QED) is 0.442. The Balaban J connectivity index is 1.64. The summed E-state index contributed by atoms with van der Waals surface area (Å²) in [7, 11) is 0.903. The Labute approximate surface area is 239 Å². The van der Waals surface area contributed by atoms with Crippen molar-refractivity contribution in [3.8, 4) is 11.5 Å². The fourth-order valence-corrected chi connectivity index (χ4v) is 6.41. The predicted octanol–water partition coefficient (Wildman–Crippen LogP) is 2.88. The van der Waals surface area contributed by atoms with Crippen molar-refractivity contribution in [2.45, 2.75) is 17.9 Å². The van der Waals surface area contributed by atoms with Gasteiger partial charge < -0.3 is 19.5 Å². The van der Waals surface area contributed by atoms with Crippen LogP contribution in [0.3, 0.4) is 0 Å². The summed E-state index contributed by atoms with van der Waals surface area (Å²) in [6.45, 7) is 3.38. The van der Waals surface area contributed by atoms with Crippen LogP contribution in [0.25, 0.3) is 0 Å². The molecule has 1 saturated heterocycles. The van der Waals surface area contributed by atoms with E-state index in [1.165, 1.54) is 35.6 Å². The van der Waals surface area contributed by atoms with Gasteiger partial charge in [0.2, 0.25) is 10.0 Å². The highest BCUT2D eigenvalue weighted by atomic mass is 35.5. The molecule has 216 valence electrons. The van der Waals surface area contributed by atoms with Crippen LogP contribution in [0.4, 0.5) is 4.79 Å². The van der Waals surface area contributed by atoms with E-state index < -0.39 is 28.1 Å². The molecule has 0 aliphatic carbocycles. The van der Waals surface area contributed by atoms with Crippen LogP contribution in [0.15, 0.2) is 58.6 Å². The number of carbonyl (C=O) groups excluding carboxylic acids is 2. The molecule has 2 aromatic rings. The van der Waals surface area contributed by atoms with Crippen molar-refractivity contribution in [1.29, 1.82) is 0 Å². The van der Waals surface area contributed by atoms with Gasteiger partial charge in [-0.05, 0) is 37.3 Å². The van der Waals surface area contributed by atoms with E-state index in [9.17, 15) is 18.0 Å². The first-order chi connectivity index (χ1) is 19.1. The van der Waals surface area contributed by atoms with Crippen LogP contribution in [0.1, 0.15) is 18.5 Å². The van der Waals surface area contributed by atoms with Crippen LogP contribution in [0, 0.1) is 0 Å². The van der Waals surface area contributed by atoms with Gasteiger partial charge in [-0.15, -0.1) is 0 Å². The molecule has 0 radical (unpaired) electrons. The lowest BCUT2D eigenvalue weighted by Crippen LogP contribution is -2.53. The van der Waals surface area contributed by atoms with Gasteiger partial charge >= 0.3 is 12.0 Å². The number of hydrogen-bond acceptors (Lipinski definition) is 8. The van der Waals surface area contributed by atoms with Crippen molar-refractivity contribution in [2.24, 2.45) is 0 Å². The van der Waals surface area contributed by atoms with Gasteiger partial charge in [0.1, 0.15) is 0 Å². The van der Waals surface area contributed by atoms with E-state index in [1.54, 1.807) is 44.3 Å². The molecule has 2 heterocycles. The number of piperazine rings is 1. The molecular weight excluding hydrogens is 560 g/mol. The minimum absolute atomic E-state index is 0.149. The Kier molecular flexibility index (Phi) is 9.24. The lowest BCUT2D eigenvalue weighted by Gasteiger charge is -2.39. The minimum Gasteiger partial charge on any atom is -0.493 e. The van der Waals surface area contributed by atoms with Crippen LogP contribution >= 0.6 is 11.6 Å². The maximum atomic E-state index is 13.4. The number of halogens is 1. The molecule has 1 atom stereocenters. The molecule has 1 N–H and O–H groups in total. The number of nitrogens with one attached hydrogen (secondary N) is 1. The number of hydrogen-bond donors (Lipinski definition) is 1. The highest BCUT2D eigenvalue weighted by Gasteiger charge is 2.39. The van der Waals surface area contributed by atoms with Gasteiger partial charge in [0.05, 0.1) is 37.3 Å². The number of methoxy groups -OCH3 is 2. The minimum atomic E-state index is -3.68. The molecule has 11 nitrogen and oxygen atoms in total. The van der Waals surface area contributed by atoms with Crippen LogP contribution in [-0.2, 0) is 19.6 Å². The fourth-order valence-electron chi connectivity index (χ4n) is 4.87. The summed E-state index contributed by atoms with van der Waals surface area (Å²) in [5.41, 5.74) is 1.28. The summed E-state index contributed by atoms with van der Waals surface area (Å²) in [6, 6.07) is 10.1. The third kappa shape index (κ3) is 5.90. The van der Waals surface area contributed by atoms with E-state index in [0.717, 1.165) is 0 Å². The van der Waals surface area contributed by atoms with Crippen LogP contribution < -0.4 is 14.8 Å². The number of esters is 1. The molecule has 0 unspecified atom stereocenters. The second-order valence-corrected chi connectivity index (χ2v) is 11.6. The molecule has 2 amide bonds. The zero-order chi connectivity index (χ0) is 29.0. The van der Waals surface area contributed by atoms with Crippen molar-refractivity contribution >= 4 is 33.6 Å². The summed E-state index contributed by atoms with van der Waals surface area (Å²) in [6.07, 6.45) is 0. The maximum Gasteiger partial charge on any atom is 0.338 e. The zero-order valence-corrected chi connectivity index (χ0v) is 24.4. The maximum absolute atomic E-state index is 13.4. The van der Waals surface area contributed by atoms with E-state index in [0.29, 0.717) is 40.9 Å². The van der Waals surface area contributed by atoms with Gasteiger partial charge in [-0.1, -0.05) is 23.7 Å². The summed E-state index contributed by atoms with van der Waals surface area (Å²) in [4.78, 5) is 30.1. The van der Waals surface area contributed by atoms with Gasteiger partial charge in [-0.3, -0.25) is 9.80 Å². The van der Waals surface area contributed by atoms with Gasteiger partial charge in [-0.25, -0.2) is 18.0 Å². The third-order valence-electron chi connectivity index (χ3n) is 6.97. The summed E-state index contributed by atoms with van der Waals surface area (Å²) >= 11 is 5.92. The number of carbonyl (C=O) groups is 2. The average molecular weight is 593 g/mol. The van der Waals surface area contributed by atoms with E-state index in [1.807, 2.05) is 4.90 Å². The summed E-state index contributed by atoms with van der Waals surface area (Å²) < 4.78 is 44.1. The number of amides is 2. The molecule has 2 aromatic carbocycles. The summed E-state index contributed by atoms with van der Waals surface area (Å²) in [5, 5.41) is 3.35. The molecule has 1 fully saturated rings. The van der Waals surface area contributed by atoms with Crippen LogP contribution in [0.5, 0.6) is 11.5 Å². The number of rotatable bonds is 9. The van der Waals surface area contributed by atoms with E-state index in [4.69, 9.17) is 25.8 Å². The molecule has 40 heavy (non-hydrogen) atoms. The molecule has 13 heteroatoms. The fraction of sp³-hybridized carbons (Fsp3) is 0.407. The lowest BCUT2D eigenvalue weighted by atomic mass is 9.93. The Bertz CT molecular complexity index is 1390. The van der Waals surface area contributed by atoms with Crippen molar-refractivity contribution in [3.63, 3.8) is 0 Å². The Morgan fingerprint density at radius 1 is 1.05 bits per heavy atom. The Morgan fingerprint density at radius 3 is 2.33 bits per heavy atom. The topological polar surface area (TPSA) is 118 Å². The Hall–Kier alpha value is -3.32. The second kappa shape index (κ2) is 12.5. The molecule has 2 aliphatic rings. The number of sulfonamides is 1. The number of benzene rings is 2. The van der Waals surface area contributed by atoms with E-state index in [-0.39, 0.29) is 36.7 Å². The number of urea groups is 1. The van der Waals surface area contributed by atoms with Gasteiger partial charge in [0, 0.05) is 56.1 Å². The molecule has 4 rings (SSSR count). The van der Waals surface area contributed by atoms with Gasteiger partial charge in [-0.2, -0.15) is 4.31 Å². The highest BCUT2D eigenvalue weighted by Crippen LogP contribution is 2.40. The Morgan fingerprint density at radius 2 is 1.73 bits per heavy atom. The smallest absolute Gasteiger partial charge is 0.338 e. The first-order valence-electron chi connectivity index (χ1n) is 12.8. The molecule has 0 bridgehead atoms. The molecule has 2 aliphatic heterocycles. The van der Waals surface area contributed by atoms with Crippen molar-refractivity contribution in [3.05, 3.63) is 64.3 Å². The highest BCUT2D eigenvalue weighted by molar-refractivity contribution is 7.89. The summed E-state index contributed by atoms with van der Waals surface area (Å²) in [5.74, 6) is 0.279. The van der Waals surface area contributed by atoms with Gasteiger partial charge in [0.25, 0.3) is 0 Å². The number of nitrogens with zero attached hydrogens (tertiary/aromatic N) is 3. The zero-order valence-electron chi connectivity index (χ0n) is 22.8. The number of para-hydroxylation sites is 1. The normalized spacial score (nSPS) is 18.9. The average Bonchev–Trinajstić information content (AvgIpc) is 2.95. The van der Waals surface area contributed by atoms with Crippen LogP contribution in [-0.4, -0.2) is 95.1 Å². The first-order valence-corrected chi connectivity index (χ1v) is 14.6. The first kappa shape index (κ1) is 29.7. The lowest BCUT2D eigenvalue weighted by molar-refractivity contribution is -0.139. The van der Waals surface area contributed by atoms with Crippen molar-refractivity contribution in [2.75, 3.05) is 60.6 Å². The van der Waals surface area contributed by atoms with Crippen LogP contribution in [0.2, 0.25) is 5.02 Å². The number of likely N-dealkylation sites (N-methyl/N-ethyl adjacent to an activating group) is 1. The third-order valence-corrected chi connectivity index (χ3v) is 9.14. The molecule has 0 aromatic heterocycles. The predicted molar refractivity (Wildman–Crippen MR) is 149 cm³/mol. The monoisotopic (exact) mass is 592 g/mol. The van der Waals surface area contributed by atoms with Crippen molar-refractivity contribution < 1.29 is 32.2 Å². The van der Waals surface area contributed by atoms with Gasteiger partial charge in [0.15, 0.2) is 11.5 Å². The van der Waals surface area contributed by atoms with Crippen molar-refractivity contribution in [1.82, 2.24) is 19.4 Å².